The second-order valence-corrected chi connectivity index (χ2v) is 5.63. The summed E-state index contributed by atoms with van der Waals surface area (Å²) in [6, 6.07) is 6.75. The summed E-state index contributed by atoms with van der Waals surface area (Å²) in [6.45, 7) is 4.28. The number of aryl methyl sites for hydroxylation is 1. The number of thioether (sulfide) groups is 1. The maximum Gasteiger partial charge on any atom is 0.104 e. The lowest BCUT2D eigenvalue weighted by Gasteiger charge is -2.27. The van der Waals surface area contributed by atoms with Crippen molar-refractivity contribution in [1.82, 2.24) is 0 Å². The number of thiocarbonyl (C=S) groups is 1. The van der Waals surface area contributed by atoms with Crippen molar-refractivity contribution < 1.29 is 0 Å². The summed E-state index contributed by atoms with van der Waals surface area (Å²) in [7, 11) is 2.12. The van der Waals surface area contributed by atoms with Gasteiger partial charge in [0.15, 0.2) is 0 Å². The molecule has 4 heteroatoms. The van der Waals surface area contributed by atoms with Crippen LogP contribution >= 0.6 is 24.0 Å². The molecule has 94 valence electrons. The summed E-state index contributed by atoms with van der Waals surface area (Å²) in [6.07, 6.45) is 2.13. The third-order valence-electron chi connectivity index (χ3n) is 2.95. The summed E-state index contributed by atoms with van der Waals surface area (Å²) in [5, 5.41) is 0. The Morgan fingerprint density at radius 2 is 2.18 bits per heavy atom. The van der Waals surface area contributed by atoms with E-state index in [-0.39, 0.29) is 0 Å². The Morgan fingerprint density at radius 3 is 2.65 bits per heavy atom. The van der Waals surface area contributed by atoms with E-state index in [9.17, 15) is 0 Å². The summed E-state index contributed by atoms with van der Waals surface area (Å²) in [5.41, 5.74) is 8.98. The van der Waals surface area contributed by atoms with Crippen LogP contribution in [0, 0.1) is 6.92 Å². The molecule has 0 aliphatic rings. The van der Waals surface area contributed by atoms with E-state index in [2.05, 4.69) is 37.3 Å². The topological polar surface area (TPSA) is 29.3 Å². The third-order valence-corrected chi connectivity index (χ3v) is 3.99. The maximum atomic E-state index is 5.66. The average molecular weight is 268 g/mol. The van der Waals surface area contributed by atoms with E-state index in [0.717, 1.165) is 16.9 Å². The second kappa shape index (κ2) is 6.26. The number of hydrogen-bond acceptors (Lipinski definition) is 3. The Bertz CT molecular complexity index is 404. The molecule has 0 fully saturated rings. The van der Waals surface area contributed by atoms with E-state index in [4.69, 9.17) is 18.0 Å². The zero-order valence-corrected chi connectivity index (χ0v) is 12.5. The van der Waals surface area contributed by atoms with E-state index in [1.807, 2.05) is 24.8 Å². The molecule has 2 nitrogen and oxygen atoms in total. The average Bonchev–Trinajstić information content (AvgIpc) is 2.27. The fourth-order valence-corrected chi connectivity index (χ4v) is 2.69. The van der Waals surface area contributed by atoms with Crippen molar-refractivity contribution in [2.45, 2.75) is 19.9 Å². The monoisotopic (exact) mass is 268 g/mol. The molecule has 1 aromatic rings. The van der Waals surface area contributed by atoms with Gasteiger partial charge in [-0.3, -0.25) is 0 Å². The quantitative estimate of drug-likeness (QED) is 0.832. The van der Waals surface area contributed by atoms with Gasteiger partial charge in [0.1, 0.15) is 4.99 Å². The van der Waals surface area contributed by atoms with Gasteiger partial charge >= 0.3 is 0 Å². The van der Waals surface area contributed by atoms with Gasteiger partial charge in [0.05, 0.1) is 0 Å². The molecule has 0 aliphatic carbocycles. The largest absolute Gasteiger partial charge is 0.389 e. The molecule has 2 N–H and O–H groups in total. The van der Waals surface area contributed by atoms with E-state index in [0.29, 0.717) is 11.0 Å². The zero-order chi connectivity index (χ0) is 13.0. The van der Waals surface area contributed by atoms with Crippen molar-refractivity contribution in [3.05, 3.63) is 29.3 Å². The van der Waals surface area contributed by atoms with Crippen LogP contribution in [0.4, 0.5) is 5.69 Å². The van der Waals surface area contributed by atoms with E-state index in [1.54, 1.807) is 0 Å². The minimum absolute atomic E-state index is 0.467. The van der Waals surface area contributed by atoms with E-state index >= 15 is 0 Å². The van der Waals surface area contributed by atoms with Crippen molar-refractivity contribution in [3.8, 4) is 0 Å². The Kier molecular flexibility index (Phi) is 5.28. The number of nitrogens with two attached hydrogens (primary N) is 1. The predicted molar refractivity (Wildman–Crippen MR) is 83.3 cm³/mol. The lowest BCUT2D eigenvalue weighted by molar-refractivity contribution is 0.765. The van der Waals surface area contributed by atoms with Gasteiger partial charge in [-0.15, -0.1) is 0 Å². The number of anilines is 1. The van der Waals surface area contributed by atoms with Gasteiger partial charge in [0.25, 0.3) is 0 Å². The molecule has 0 spiro atoms. The normalized spacial score (nSPS) is 12.2. The Morgan fingerprint density at radius 1 is 1.53 bits per heavy atom. The highest BCUT2D eigenvalue weighted by Crippen LogP contribution is 2.20. The summed E-state index contributed by atoms with van der Waals surface area (Å²) < 4.78 is 0. The fourth-order valence-electron chi connectivity index (χ4n) is 1.75. The van der Waals surface area contributed by atoms with Crippen molar-refractivity contribution in [3.63, 3.8) is 0 Å². The summed E-state index contributed by atoms with van der Waals surface area (Å²) in [5.74, 6) is 1.12. The predicted octanol–water partition coefficient (Wildman–Crippen LogP) is 2.82. The zero-order valence-electron chi connectivity index (χ0n) is 10.9. The SMILES string of the molecule is CSCC(C)N(C)c1ccc(C(N)=S)c(C)c1. The molecule has 1 aromatic carbocycles. The molecule has 0 amide bonds. The van der Waals surface area contributed by atoms with Gasteiger partial charge in [-0.05, 0) is 43.9 Å². The first kappa shape index (κ1) is 14.3. The summed E-state index contributed by atoms with van der Waals surface area (Å²) in [4.78, 5) is 2.75. The highest BCUT2D eigenvalue weighted by Gasteiger charge is 2.11. The third kappa shape index (κ3) is 3.61. The minimum Gasteiger partial charge on any atom is -0.389 e. The molecule has 1 unspecified atom stereocenters. The Labute approximate surface area is 114 Å². The molecule has 1 atom stereocenters. The van der Waals surface area contributed by atoms with Crippen LogP contribution in [-0.4, -0.2) is 30.1 Å². The van der Waals surface area contributed by atoms with Crippen molar-refractivity contribution >= 4 is 34.7 Å². The highest BCUT2D eigenvalue weighted by molar-refractivity contribution is 7.98. The van der Waals surface area contributed by atoms with Gasteiger partial charge in [-0.2, -0.15) is 11.8 Å². The fraction of sp³-hybridized carbons (Fsp3) is 0.462. The molecular weight excluding hydrogens is 248 g/mol. The molecule has 17 heavy (non-hydrogen) atoms. The number of rotatable bonds is 5. The van der Waals surface area contributed by atoms with Gasteiger partial charge in [-0.1, -0.05) is 12.2 Å². The standard InChI is InChI=1S/C13H20N2S2/c1-9-7-11(5-6-12(9)13(14)16)15(3)10(2)8-17-4/h5-7,10H,8H2,1-4H3,(H2,14,16). The summed E-state index contributed by atoms with van der Waals surface area (Å²) >= 11 is 6.88. The van der Waals surface area contributed by atoms with Crippen molar-refractivity contribution in [2.24, 2.45) is 5.73 Å². The van der Waals surface area contributed by atoms with Crippen LogP contribution in [0.3, 0.4) is 0 Å². The maximum absolute atomic E-state index is 5.66. The number of nitrogens with zero attached hydrogens (tertiary/aromatic N) is 1. The van der Waals surface area contributed by atoms with Gasteiger partial charge < -0.3 is 10.6 Å². The first-order chi connectivity index (χ1) is 7.97. The van der Waals surface area contributed by atoms with Crippen LogP contribution < -0.4 is 10.6 Å². The number of benzene rings is 1. The highest BCUT2D eigenvalue weighted by atomic mass is 32.2. The number of hydrogen-bond donors (Lipinski definition) is 1. The molecule has 0 bridgehead atoms. The lowest BCUT2D eigenvalue weighted by atomic mass is 10.1. The van der Waals surface area contributed by atoms with Crippen LogP contribution in [0.1, 0.15) is 18.1 Å². The smallest absolute Gasteiger partial charge is 0.104 e. The van der Waals surface area contributed by atoms with Crippen LogP contribution in [0.5, 0.6) is 0 Å². The van der Waals surface area contributed by atoms with Crippen LogP contribution in [0.2, 0.25) is 0 Å². The molecule has 0 aromatic heterocycles. The van der Waals surface area contributed by atoms with Crippen molar-refractivity contribution in [2.75, 3.05) is 24.0 Å². The van der Waals surface area contributed by atoms with E-state index in [1.165, 1.54) is 5.69 Å². The first-order valence-corrected chi connectivity index (χ1v) is 7.39. The van der Waals surface area contributed by atoms with Gasteiger partial charge in [0.2, 0.25) is 0 Å². The van der Waals surface area contributed by atoms with Crippen LogP contribution in [0.15, 0.2) is 18.2 Å². The molecule has 1 rings (SSSR count). The van der Waals surface area contributed by atoms with Gasteiger partial charge in [0, 0.05) is 30.1 Å². The molecule has 0 aliphatic heterocycles. The minimum atomic E-state index is 0.467. The molecule has 0 saturated heterocycles. The van der Waals surface area contributed by atoms with Gasteiger partial charge in [-0.25, -0.2) is 0 Å². The van der Waals surface area contributed by atoms with Crippen molar-refractivity contribution in [1.29, 1.82) is 0 Å². The Balaban J connectivity index is 2.93. The molecule has 0 heterocycles. The molecule has 0 saturated carbocycles. The van der Waals surface area contributed by atoms with E-state index < -0.39 is 0 Å². The van der Waals surface area contributed by atoms with Crippen LogP contribution in [0.25, 0.3) is 0 Å². The lowest BCUT2D eigenvalue weighted by Crippen LogP contribution is -2.30. The Hall–Kier alpha value is -0.740. The second-order valence-electron chi connectivity index (χ2n) is 4.28. The molecular formula is C13H20N2S2. The molecule has 0 radical (unpaired) electrons. The first-order valence-electron chi connectivity index (χ1n) is 5.59. The van der Waals surface area contributed by atoms with Crippen LogP contribution in [-0.2, 0) is 0 Å².